The molecule has 0 saturated carbocycles. The first kappa shape index (κ1) is 18.5. The van der Waals surface area contributed by atoms with Crippen LogP contribution in [0.2, 0.25) is 0 Å². The largest absolute Gasteiger partial charge is 0.379 e. The van der Waals surface area contributed by atoms with Crippen molar-refractivity contribution in [3.63, 3.8) is 0 Å². The van der Waals surface area contributed by atoms with Gasteiger partial charge in [0.1, 0.15) is 17.7 Å². The average molecular weight is 380 g/mol. The molecule has 0 unspecified atom stereocenters. The van der Waals surface area contributed by atoms with Gasteiger partial charge in [0, 0.05) is 30.8 Å². The number of carbonyl (C=O) groups excluding carboxylic acids is 1. The van der Waals surface area contributed by atoms with Crippen LogP contribution in [-0.2, 0) is 4.74 Å². The van der Waals surface area contributed by atoms with Crippen molar-refractivity contribution in [1.29, 1.82) is 0 Å². The highest BCUT2D eigenvalue weighted by atomic mass is 16.5. The minimum absolute atomic E-state index is 0.0490. The van der Waals surface area contributed by atoms with Crippen molar-refractivity contribution in [3.8, 4) is 11.4 Å². The van der Waals surface area contributed by atoms with E-state index < -0.39 is 0 Å². The van der Waals surface area contributed by atoms with Crippen molar-refractivity contribution in [2.45, 2.75) is 13.3 Å². The number of ether oxygens (including phenoxy) is 1. The maximum Gasteiger partial charge on any atom is 0.251 e. The first-order chi connectivity index (χ1) is 13.7. The zero-order chi connectivity index (χ0) is 19.3. The van der Waals surface area contributed by atoms with E-state index in [4.69, 9.17) is 4.74 Å². The predicted octanol–water partition coefficient (Wildman–Crippen LogP) is 1.78. The van der Waals surface area contributed by atoms with Gasteiger partial charge in [0.25, 0.3) is 5.91 Å². The monoisotopic (exact) mass is 380 g/mol. The van der Waals surface area contributed by atoms with Crippen LogP contribution in [0.4, 0.5) is 0 Å². The Kier molecular flexibility index (Phi) is 5.59. The Morgan fingerprint density at radius 2 is 2.18 bits per heavy atom. The SMILES string of the molecule is Cc1cc(C(=O)NCCCN2CCOCC2)ccc1-c1nc2ncncc2[nH]1. The standard InChI is InChI=1S/C20H24N6O2/c1-14-11-15(20(27)22-5-2-6-26-7-9-28-10-8-26)3-4-16(14)18-24-17-12-21-13-23-19(17)25-18/h3-4,11-13H,2,5-10H2,1H3,(H,22,27)(H,21,23,24,25). The van der Waals surface area contributed by atoms with Crippen LogP contribution in [0, 0.1) is 6.92 Å². The molecule has 0 bridgehead atoms. The molecule has 1 saturated heterocycles. The number of hydrogen-bond acceptors (Lipinski definition) is 6. The van der Waals surface area contributed by atoms with Crippen LogP contribution >= 0.6 is 0 Å². The van der Waals surface area contributed by atoms with Gasteiger partial charge in [-0.25, -0.2) is 15.0 Å². The Morgan fingerprint density at radius 1 is 1.32 bits per heavy atom. The Morgan fingerprint density at radius 3 is 2.96 bits per heavy atom. The van der Waals surface area contributed by atoms with E-state index in [1.807, 2.05) is 25.1 Å². The fourth-order valence-electron chi connectivity index (χ4n) is 3.39. The lowest BCUT2D eigenvalue weighted by Crippen LogP contribution is -2.38. The van der Waals surface area contributed by atoms with Gasteiger partial charge < -0.3 is 15.0 Å². The summed E-state index contributed by atoms with van der Waals surface area (Å²) >= 11 is 0. The molecule has 28 heavy (non-hydrogen) atoms. The lowest BCUT2D eigenvalue weighted by Gasteiger charge is -2.26. The summed E-state index contributed by atoms with van der Waals surface area (Å²) in [5, 5.41) is 3.01. The van der Waals surface area contributed by atoms with Gasteiger partial charge in [0.15, 0.2) is 5.65 Å². The second kappa shape index (κ2) is 8.45. The summed E-state index contributed by atoms with van der Waals surface area (Å²) < 4.78 is 5.35. The van der Waals surface area contributed by atoms with Crippen LogP contribution in [-0.4, -0.2) is 70.1 Å². The summed E-state index contributed by atoms with van der Waals surface area (Å²) in [7, 11) is 0. The van der Waals surface area contributed by atoms with Crippen LogP contribution in [0.15, 0.2) is 30.7 Å². The molecule has 0 atom stereocenters. The molecule has 3 heterocycles. The molecule has 3 aromatic rings. The molecule has 0 radical (unpaired) electrons. The Hall–Kier alpha value is -2.84. The second-order valence-electron chi connectivity index (χ2n) is 6.94. The predicted molar refractivity (Wildman–Crippen MR) is 106 cm³/mol. The van der Waals surface area contributed by atoms with Crippen molar-refractivity contribution >= 4 is 17.1 Å². The number of imidazole rings is 1. The van der Waals surface area contributed by atoms with Gasteiger partial charge in [-0.2, -0.15) is 0 Å². The van der Waals surface area contributed by atoms with Crippen LogP contribution in [0.25, 0.3) is 22.6 Å². The molecule has 0 aliphatic carbocycles. The maximum absolute atomic E-state index is 12.5. The quantitative estimate of drug-likeness (QED) is 0.633. The molecule has 2 aromatic heterocycles. The average Bonchev–Trinajstić information content (AvgIpc) is 3.15. The number of aromatic amines is 1. The van der Waals surface area contributed by atoms with Crippen LogP contribution in [0.1, 0.15) is 22.3 Å². The smallest absolute Gasteiger partial charge is 0.251 e. The number of aromatic nitrogens is 4. The maximum atomic E-state index is 12.5. The molecule has 1 aromatic carbocycles. The molecule has 8 heteroatoms. The first-order valence-electron chi connectivity index (χ1n) is 9.56. The van der Waals surface area contributed by atoms with E-state index in [0.29, 0.717) is 17.8 Å². The fraction of sp³-hybridized carbons (Fsp3) is 0.400. The zero-order valence-corrected chi connectivity index (χ0v) is 15.9. The van der Waals surface area contributed by atoms with Crippen LogP contribution in [0.3, 0.4) is 0 Å². The number of aryl methyl sites for hydroxylation is 1. The van der Waals surface area contributed by atoms with Crippen molar-refractivity contribution in [1.82, 2.24) is 30.2 Å². The van der Waals surface area contributed by atoms with E-state index >= 15 is 0 Å². The van der Waals surface area contributed by atoms with Crippen LogP contribution < -0.4 is 5.32 Å². The summed E-state index contributed by atoms with van der Waals surface area (Å²) in [6.45, 7) is 7.18. The minimum atomic E-state index is -0.0490. The number of nitrogens with zero attached hydrogens (tertiary/aromatic N) is 4. The molecular weight excluding hydrogens is 356 g/mol. The van der Waals surface area contributed by atoms with Gasteiger partial charge in [-0.15, -0.1) is 0 Å². The van der Waals surface area contributed by atoms with Crippen molar-refractivity contribution < 1.29 is 9.53 Å². The molecule has 8 nitrogen and oxygen atoms in total. The van der Waals surface area contributed by atoms with E-state index in [-0.39, 0.29) is 5.91 Å². The number of benzene rings is 1. The summed E-state index contributed by atoms with van der Waals surface area (Å²) in [6.07, 6.45) is 4.11. The van der Waals surface area contributed by atoms with E-state index in [2.05, 4.69) is 30.2 Å². The van der Waals surface area contributed by atoms with E-state index in [0.717, 1.165) is 61.7 Å². The molecule has 1 aliphatic rings. The summed E-state index contributed by atoms with van der Waals surface area (Å²) in [4.78, 5) is 30.7. The third-order valence-corrected chi connectivity index (χ3v) is 4.95. The molecule has 2 N–H and O–H groups in total. The van der Waals surface area contributed by atoms with Gasteiger partial charge in [-0.1, -0.05) is 6.07 Å². The molecule has 4 rings (SSSR count). The summed E-state index contributed by atoms with van der Waals surface area (Å²) in [5.74, 6) is 0.678. The molecule has 0 spiro atoms. The lowest BCUT2D eigenvalue weighted by molar-refractivity contribution is 0.0374. The van der Waals surface area contributed by atoms with Gasteiger partial charge in [-0.05, 0) is 37.6 Å². The van der Waals surface area contributed by atoms with Gasteiger partial charge >= 0.3 is 0 Å². The Bertz CT molecular complexity index is 931. The van der Waals surface area contributed by atoms with Gasteiger partial charge in [0.2, 0.25) is 0 Å². The van der Waals surface area contributed by atoms with Crippen molar-refractivity contribution in [2.24, 2.45) is 0 Å². The second-order valence-corrected chi connectivity index (χ2v) is 6.94. The highest BCUT2D eigenvalue weighted by molar-refractivity contribution is 5.95. The van der Waals surface area contributed by atoms with Crippen molar-refractivity contribution in [2.75, 3.05) is 39.4 Å². The topological polar surface area (TPSA) is 96.0 Å². The fourth-order valence-corrected chi connectivity index (χ4v) is 3.39. The summed E-state index contributed by atoms with van der Waals surface area (Å²) in [5.41, 5.74) is 4.00. The van der Waals surface area contributed by atoms with E-state index in [9.17, 15) is 4.79 Å². The van der Waals surface area contributed by atoms with Gasteiger partial charge in [-0.3, -0.25) is 9.69 Å². The lowest BCUT2D eigenvalue weighted by atomic mass is 10.0. The number of nitrogens with one attached hydrogen (secondary N) is 2. The Balaban J connectivity index is 1.36. The highest BCUT2D eigenvalue weighted by Crippen LogP contribution is 2.23. The number of fused-ring (bicyclic) bond motifs is 1. The highest BCUT2D eigenvalue weighted by Gasteiger charge is 2.13. The van der Waals surface area contributed by atoms with E-state index in [1.54, 1.807) is 6.20 Å². The number of amides is 1. The van der Waals surface area contributed by atoms with Crippen LogP contribution in [0.5, 0.6) is 0 Å². The summed E-state index contributed by atoms with van der Waals surface area (Å²) in [6, 6.07) is 5.65. The number of morpholine rings is 1. The minimum Gasteiger partial charge on any atom is -0.379 e. The van der Waals surface area contributed by atoms with E-state index in [1.165, 1.54) is 6.33 Å². The number of H-pyrrole nitrogens is 1. The number of carbonyl (C=O) groups is 1. The third kappa shape index (κ3) is 4.18. The first-order valence-corrected chi connectivity index (χ1v) is 9.56. The Labute approximate surface area is 163 Å². The molecule has 1 aliphatic heterocycles. The normalized spacial score (nSPS) is 15.0. The molecular formula is C20H24N6O2. The molecule has 1 fully saturated rings. The number of hydrogen-bond donors (Lipinski definition) is 2. The van der Waals surface area contributed by atoms with Gasteiger partial charge in [0.05, 0.1) is 19.4 Å². The molecule has 1 amide bonds. The van der Waals surface area contributed by atoms with Crippen molar-refractivity contribution in [3.05, 3.63) is 41.9 Å². The zero-order valence-electron chi connectivity index (χ0n) is 15.9. The number of rotatable bonds is 6. The third-order valence-electron chi connectivity index (χ3n) is 4.95. The molecule has 146 valence electrons.